The summed E-state index contributed by atoms with van der Waals surface area (Å²) in [5, 5.41) is 9.08. The number of anilines is 2. The molecule has 1 atom stereocenters. The molecule has 0 unspecified atom stereocenters. The van der Waals surface area contributed by atoms with Crippen molar-refractivity contribution in [2.75, 3.05) is 16.2 Å². The Labute approximate surface area is 163 Å². The Morgan fingerprint density at radius 2 is 1.79 bits per heavy atom. The molecule has 28 heavy (non-hydrogen) atoms. The topological polar surface area (TPSA) is 104 Å². The van der Waals surface area contributed by atoms with Gasteiger partial charge in [0.2, 0.25) is 5.91 Å². The number of aryl methyl sites for hydroxylation is 2. The lowest BCUT2D eigenvalue weighted by molar-refractivity contribution is -0.141. The van der Waals surface area contributed by atoms with Crippen molar-refractivity contribution in [1.29, 1.82) is 0 Å². The molecule has 7 nitrogen and oxygen atoms in total. The summed E-state index contributed by atoms with van der Waals surface area (Å²) >= 11 is 0. The van der Waals surface area contributed by atoms with Crippen molar-refractivity contribution < 1.29 is 23.1 Å². The monoisotopic (exact) mass is 400 g/mol. The Balaban J connectivity index is 1.51. The van der Waals surface area contributed by atoms with Gasteiger partial charge in [-0.1, -0.05) is 6.07 Å². The van der Waals surface area contributed by atoms with E-state index in [1.54, 1.807) is 6.07 Å². The van der Waals surface area contributed by atoms with Gasteiger partial charge in [0.05, 0.1) is 10.8 Å². The number of sulfonamides is 1. The van der Waals surface area contributed by atoms with Crippen LogP contribution in [-0.2, 0) is 32.5 Å². The Bertz CT molecular complexity index is 1050. The minimum atomic E-state index is -3.76. The van der Waals surface area contributed by atoms with Crippen LogP contribution in [0.15, 0.2) is 47.4 Å². The predicted octanol–water partition coefficient (Wildman–Crippen LogP) is 2.41. The first-order valence-corrected chi connectivity index (χ1v) is 10.6. The smallest absolute Gasteiger partial charge is 0.308 e. The van der Waals surface area contributed by atoms with Gasteiger partial charge in [0.15, 0.2) is 0 Å². The summed E-state index contributed by atoms with van der Waals surface area (Å²) in [6.07, 6.45) is 3.03. The van der Waals surface area contributed by atoms with Crippen molar-refractivity contribution in [1.82, 2.24) is 0 Å². The summed E-state index contributed by atoms with van der Waals surface area (Å²) in [7, 11) is -3.76. The number of carboxylic acid groups (broad SMARTS) is 1. The third-order valence-corrected chi connectivity index (χ3v) is 6.68. The highest BCUT2D eigenvalue weighted by Crippen LogP contribution is 2.28. The second-order valence-electron chi connectivity index (χ2n) is 7.18. The van der Waals surface area contributed by atoms with Crippen LogP contribution in [0.5, 0.6) is 0 Å². The molecule has 1 fully saturated rings. The molecule has 0 aromatic heterocycles. The molecule has 2 aliphatic rings. The van der Waals surface area contributed by atoms with Crippen LogP contribution in [-0.4, -0.2) is 31.9 Å². The normalized spacial score (nSPS) is 18.9. The zero-order valence-corrected chi connectivity index (χ0v) is 15.9. The minimum Gasteiger partial charge on any atom is -0.481 e. The number of carbonyl (C=O) groups is 2. The molecule has 0 radical (unpaired) electrons. The fourth-order valence-electron chi connectivity index (χ4n) is 3.78. The van der Waals surface area contributed by atoms with E-state index in [1.807, 2.05) is 12.1 Å². The molecule has 1 aliphatic carbocycles. The number of hydrogen-bond donors (Lipinski definition) is 2. The van der Waals surface area contributed by atoms with Crippen LogP contribution in [0.4, 0.5) is 11.4 Å². The summed E-state index contributed by atoms with van der Waals surface area (Å²) in [5.74, 6) is -2.02. The van der Waals surface area contributed by atoms with E-state index in [1.165, 1.54) is 40.3 Å². The minimum absolute atomic E-state index is 0.0464. The lowest BCUT2D eigenvalue weighted by Crippen LogP contribution is -2.25. The summed E-state index contributed by atoms with van der Waals surface area (Å²) in [5.41, 5.74) is 3.47. The van der Waals surface area contributed by atoms with E-state index in [9.17, 15) is 18.0 Å². The summed E-state index contributed by atoms with van der Waals surface area (Å²) in [4.78, 5) is 24.6. The summed E-state index contributed by atoms with van der Waals surface area (Å²) in [6.45, 7) is 0.0909. The maximum absolute atomic E-state index is 12.7. The Morgan fingerprint density at radius 1 is 1.07 bits per heavy atom. The first-order valence-electron chi connectivity index (χ1n) is 9.11. The largest absolute Gasteiger partial charge is 0.481 e. The molecule has 8 heteroatoms. The molecule has 1 aliphatic heterocycles. The molecule has 0 saturated carbocycles. The van der Waals surface area contributed by atoms with E-state index >= 15 is 0 Å². The molecule has 4 rings (SSSR count). The van der Waals surface area contributed by atoms with Gasteiger partial charge in [-0.05, 0) is 66.8 Å². The molecule has 2 aromatic carbocycles. The van der Waals surface area contributed by atoms with Crippen LogP contribution < -0.4 is 9.62 Å². The van der Waals surface area contributed by atoms with Crippen molar-refractivity contribution in [3.05, 3.63) is 53.6 Å². The fourth-order valence-corrected chi connectivity index (χ4v) is 4.83. The molecule has 2 aromatic rings. The zero-order valence-electron chi connectivity index (χ0n) is 15.1. The Kier molecular flexibility index (Phi) is 4.58. The van der Waals surface area contributed by atoms with Crippen LogP contribution in [0.2, 0.25) is 0 Å². The van der Waals surface area contributed by atoms with Crippen LogP contribution in [0.1, 0.15) is 24.0 Å². The van der Waals surface area contributed by atoms with Gasteiger partial charge in [0.25, 0.3) is 10.0 Å². The first kappa shape index (κ1) is 18.5. The van der Waals surface area contributed by atoms with Crippen molar-refractivity contribution in [2.45, 2.75) is 30.6 Å². The molecule has 0 bridgehead atoms. The van der Waals surface area contributed by atoms with Crippen LogP contribution in [0.3, 0.4) is 0 Å². The lowest BCUT2D eigenvalue weighted by atomic mass is 10.1. The van der Waals surface area contributed by atoms with Crippen molar-refractivity contribution in [3.8, 4) is 0 Å². The number of nitrogens with zero attached hydrogens (tertiary/aromatic N) is 1. The maximum Gasteiger partial charge on any atom is 0.308 e. The number of carboxylic acids is 1. The molecular formula is C20H20N2O5S. The van der Waals surface area contributed by atoms with Crippen LogP contribution in [0.25, 0.3) is 0 Å². The van der Waals surface area contributed by atoms with Gasteiger partial charge in [0.1, 0.15) is 0 Å². The second kappa shape index (κ2) is 6.94. The van der Waals surface area contributed by atoms with E-state index in [4.69, 9.17) is 5.11 Å². The average Bonchev–Trinajstić information content (AvgIpc) is 3.27. The van der Waals surface area contributed by atoms with Crippen LogP contribution in [0, 0.1) is 5.92 Å². The van der Waals surface area contributed by atoms with Gasteiger partial charge < -0.3 is 10.0 Å². The van der Waals surface area contributed by atoms with E-state index in [-0.39, 0.29) is 23.8 Å². The number of carbonyl (C=O) groups excluding carboxylic acids is 1. The molecule has 2 N–H and O–H groups in total. The van der Waals surface area contributed by atoms with Crippen molar-refractivity contribution >= 4 is 33.3 Å². The van der Waals surface area contributed by atoms with Gasteiger partial charge in [-0.15, -0.1) is 0 Å². The SMILES string of the molecule is O=C(O)[C@H]1CC(=O)N(c2ccc(S(=O)(=O)Nc3ccc4c(c3)CCC4)cc2)C1. The van der Waals surface area contributed by atoms with Gasteiger partial charge in [-0.3, -0.25) is 14.3 Å². The van der Waals surface area contributed by atoms with E-state index in [0.717, 1.165) is 19.3 Å². The van der Waals surface area contributed by atoms with E-state index < -0.39 is 21.9 Å². The third kappa shape index (κ3) is 3.47. The highest BCUT2D eigenvalue weighted by atomic mass is 32.2. The highest BCUT2D eigenvalue weighted by molar-refractivity contribution is 7.92. The summed E-state index contributed by atoms with van der Waals surface area (Å²) in [6, 6.07) is 11.5. The first-order chi connectivity index (χ1) is 13.3. The quantitative estimate of drug-likeness (QED) is 0.802. The number of hydrogen-bond acceptors (Lipinski definition) is 4. The zero-order chi connectivity index (χ0) is 19.9. The van der Waals surface area contributed by atoms with E-state index in [2.05, 4.69) is 4.72 Å². The molecule has 1 saturated heterocycles. The summed E-state index contributed by atoms with van der Waals surface area (Å²) < 4.78 is 27.9. The number of nitrogens with one attached hydrogen (secondary N) is 1. The number of benzene rings is 2. The molecule has 1 amide bonds. The van der Waals surface area contributed by atoms with Crippen molar-refractivity contribution in [2.24, 2.45) is 5.92 Å². The van der Waals surface area contributed by atoms with Gasteiger partial charge in [0, 0.05) is 24.3 Å². The standard InChI is InChI=1S/C20H20N2O5S/c23-19-11-15(20(24)25)12-22(19)17-6-8-18(9-7-17)28(26,27)21-16-5-4-13-2-1-3-14(13)10-16/h4-10,15,21H,1-3,11-12H2,(H,24,25)/t15-/m0/s1. The number of rotatable bonds is 5. The molecule has 0 spiro atoms. The number of aliphatic carboxylic acids is 1. The Morgan fingerprint density at radius 3 is 2.46 bits per heavy atom. The molecule has 146 valence electrons. The van der Waals surface area contributed by atoms with E-state index in [0.29, 0.717) is 11.4 Å². The highest BCUT2D eigenvalue weighted by Gasteiger charge is 2.35. The molecule has 1 heterocycles. The van der Waals surface area contributed by atoms with Gasteiger partial charge >= 0.3 is 5.97 Å². The van der Waals surface area contributed by atoms with Crippen molar-refractivity contribution in [3.63, 3.8) is 0 Å². The Hall–Kier alpha value is -2.87. The maximum atomic E-state index is 12.7. The average molecular weight is 400 g/mol. The van der Waals surface area contributed by atoms with Gasteiger partial charge in [-0.25, -0.2) is 8.42 Å². The number of amides is 1. The number of fused-ring (bicyclic) bond motifs is 1. The molecular weight excluding hydrogens is 380 g/mol. The third-order valence-electron chi connectivity index (χ3n) is 5.28. The van der Waals surface area contributed by atoms with Gasteiger partial charge in [-0.2, -0.15) is 0 Å². The predicted molar refractivity (Wildman–Crippen MR) is 104 cm³/mol. The fraction of sp³-hybridized carbons (Fsp3) is 0.300. The second-order valence-corrected chi connectivity index (χ2v) is 8.86. The van der Waals surface area contributed by atoms with Crippen LogP contribution >= 0.6 is 0 Å². The lowest BCUT2D eigenvalue weighted by Gasteiger charge is -2.17.